The van der Waals surface area contributed by atoms with Crippen LogP contribution in [-0.4, -0.2) is 47.7 Å². The lowest BCUT2D eigenvalue weighted by molar-refractivity contribution is 0.0917. The number of aromatic nitrogens is 2. The molecule has 3 N–H and O–H groups in total. The number of hydrogen-bond donors (Lipinski definition) is 3. The third kappa shape index (κ3) is 3.64. The molecule has 3 aromatic rings. The molecule has 0 aliphatic carbocycles. The minimum absolute atomic E-state index is 0.136. The van der Waals surface area contributed by atoms with Gasteiger partial charge in [-0.2, -0.15) is 0 Å². The number of amides is 1. The van der Waals surface area contributed by atoms with Crippen molar-refractivity contribution in [2.75, 3.05) is 25.6 Å². The molecule has 3 rings (SSSR count). The van der Waals surface area contributed by atoms with Crippen molar-refractivity contribution in [2.45, 2.75) is 12.5 Å². The number of benzene rings is 1. The number of rotatable bonds is 6. The smallest absolute Gasteiger partial charge is 0.255 e. The number of aliphatic hydroxyl groups excluding tert-OH is 1. The molecule has 6 nitrogen and oxygen atoms in total. The largest absolute Gasteiger partial charge is 0.394 e. The normalized spacial score (nSPS) is 12.1. The Morgan fingerprint density at radius 3 is 2.88 bits per heavy atom. The van der Waals surface area contributed by atoms with Gasteiger partial charge in [-0.1, -0.05) is 18.2 Å². The second-order valence-corrected chi connectivity index (χ2v) is 6.20. The zero-order chi connectivity index (χ0) is 17.8. The van der Waals surface area contributed by atoms with Crippen LogP contribution in [0, 0.1) is 0 Å². The molecule has 0 fully saturated rings. The number of pyridine rings is 1. The van der Waals surface area contributed by atoms with Gasteiger partial charge in [0.25, 0.3) is 5.91 Å². The molecule has 130 valence electrons. The maximum atomic E-state index is 12.6. The van der Waals surface area contributed by atoms with E-state index in [1.54, 1.807) is 18.5 Å². The summed E-state index contributed by atoms with van der Waals surface area (Å²) >= 11 is 0. The van der Waals surface area contributed by atoms with Crippen molar-refractivity contribution in [3.8, 4) is 0 Å². The molecule has 1 amide bonds. The number of nitrogens with zero attached hydrogens (tertiary/aromatic N) is 2. The number of fused-ring (bicyclic) bond motifs is 1. The Hall–Kier alpha value is -2.86. The SMILES string of the molecule is CN(C)c1ccncc1C(=O)NC(CO)Cc1c[nH]c2ccccc12. The fourth-order valence-electron chi connectivity index (χ4n) is 2.94. The zero-order valence-corrected chi connectivity index (χ0v) is 14.4. The van der Waals surface area contributed by atoms with Crippen LogP contribution in [-0.2, 0) is 6.42 Å². The third-order valence-corrected chi connectivity index (χ3v) is 4.22. The summed E-state index contributed by atoms with van der Waals surface area (Å²) in [6.07, 6.45) is 5.67. The minimum Gasteiger partial charge on any atom is -0.394 e. The van der Waals surface area contributed by atoms with E-state index in [1.165, 1.54) is 0 Å². The maximum absolute atomic E-state index is 12.6. The van der Waals surface area contributed by atoms with E-state index in [4.69, 9.17) is 0 Å². The second kappa shape index (κ2) is 7.36. The lowest BCUT2D eigenvalue weighted by atomic mass is 10.0. The van der Waals surface area contributed by atoms with Gasteiger partial charge in [0.2, 0.25) is 0 Å². The summed E-state index contributed by atoms with van der Waals surface area (Å²) in [5.41, 5.74) is 3.39. The number of anilines is 1. The Balaban J connectivity index is 1.77. The van der Waals surface area contributed by atoms with E-state index in [2.05, 4.69) is 15.3 Å². The van der Waals surface area contributed by atoms with Crippen LogP contribution in [0.1, 0.15) is 15.9 Å². The molecule has 0 saturated heterocycles. The van der Waals surface area contributed by atoms with Crippen molar-refractivity contribution in [3.63, 3.8) is 0 Å². The van der Waals surface area contributed by atoms with Crippen LogP contribution < -0.4 is 10.2 Å². The van der Waals surface area contributed by atoms with Gasteiger partial charge in [0.15, 0.2) is 0 Å². The van der Waals surface area contributed by atoms with Crippen molar-refractivity contribution < 1.29 is 9.90 Å². The van der Waals surface area contributed by atoms with Gasteiger partial charge >= 0.3 is 0 Å². The molecule has 2 heterocycles. The lowest BCUT2D eigenvalue weighted by Crippen LogP contribution is -2.39. The first-order valence-electron chi connectivity index (χ1n) is 8.18. The van der Waals surface area contributed by atoms with Crippen molar-refractivity contribution in [2.24, 2.45) is 0 Å². The van der Waals surface area contributed by atoms with Gasteiger partial charge in [0, 0.05) is 43.6 Å². The van der Waals surface area contributed by atoms with Crippen LogP contribution in [0.3, 0.4) is 0 Å². The Morgan fingerprint density at radius 1 is 1.32 bits per heavy atom. The van der Waals surface area contributed by atoms with Crippen LogP contribution in [0.15, 0.2) is 48.9 Å². The van der Waals surface area contributed by atoms with Crippen molar-refractivity contribution in [3.05, 3.63) is 60.0 Å². The molecule has 0 saturated carbocycles. The number of aromatic amines is 1. The van der Waals surface area contributed by atoms with E-state index in [9.17, 15) is 9.90 Å². The summed E-state index contributed by atoms with van der Waals surface area (Å²) in [5, 5.41) is 13.7. The molecule has 1 aromatic carbocycles. The van der Waals surface area contributed by atoms with Crippen molar-refractivity contribution >= 4 is 22.5 Å². The Bertz CT molecular complexity index is 872. The predicted octanol–water partition coefficient (Wildman–Crippen LogP) is 1.96. The van der Waals surface area contributed by atoms with Gasteiger partial charge in [-0.3, -0.25) is 9.78 Å². The average molecular weight is 338 g/mol. The van der Waals surface area contributed by atoms with Crippen LogP contribution in [0.5, 0.6) is 0 Å². The lowest BCUT2D eigenvalue weighted by Gasteiger charge is -2.20. The van der Waals surface area contributed by atoms with E-state index < -0.39 is 0 Å². The van der Waals surface area contributed by atoms with Gasteiger partial charge in [-0.05, 0) is 24.1 Å². The number of H-pyrrole nitrogens is 1. The summed E-state index contributed by atoms with van der Waals surface area (Å²) in [7, 11) is 3.75. The Morgan fingerprint density at radius 2 is 2.12 bits per heavy atom. The van der Waals surface area contributed by atoms with Crippen LogP contribution in [0.25, 0.3) is 10.9 Å². The third-order valence-electron chi connectivity index (χ3n) is 4.22. The molecule has 0 radical (unpaired) electrons. The predicted molar refractivity (Wildman–Crippen MR) is 98.9 cm³/mol. The van der Waals surface area contributed by atoms with Gasteiger partial charge in [0.05, 0.1) is 23.9 Å². The quantitative estimate of drug-likeness (QED) is 0.642. The topological polar surface area (TPSA) is 81.2 Å². The first-order valence-corrected chi connectivity index (χ1v) is 8.18. The highest BCUT2D eigenvalue weighted by atomic mass is 16.3. The zero-order valence-electron chi connectivity index (χ0n) is 14.4. The van der Waals surface area contributed by atoms with E-state index >= 15 is 0 Å². The Labute approximate surface area is 146 Å². The molecule has 0 bridgehead atoms. The number of aliphatic hydroxyl groups is 1. The maximum Gasteiger partial charge on any atom is 0.255 e. The molecule has 6 heteroatoms. The standard InChI is InChI=1S/C19H22N4O2/c1-23(2)18-7-8-20-11-16(18)19(25)22-14(12-24)9-13-10-21-17-6-4-3-5-15(13)17/h3-8,10-11,14,21,24H,9,12H2,1-2H3,(H,22,25). The second-order valence-electron chi connectivity index (χ2n) is 6.20. The van der Waals surface area contributed by atoms with Crippen LogP contribution >= 0.6 is 0 Å². The number of nitrogens with one attached hydrogen (secondary N) is 2. The average Bonchev–Trinajstić information content (AvgIpc) is 3.04. The van der Waals surface area contributed by atoms with Gasteiger partial charge in [0.1, 0.15) is 0 Å². The summed E-state index contributed by atoms with van der Waals surface area (Å²) in [6, 6.07) is 9.40. The highest BCUT2D eigenvalue weighted by Crippen LogP contribution is 2.20. The van der Waals surface area contributed by atoms with Crippen molar-refractivity contribution in [1.82, 2.24) is 15.3 Å². The fraction of sp³-hybridized carbons (Fsp3) is 0.263. The summed E-state index contributed by atoms with van der Waals surface area (Å²) in [4.78, 5) is 21.8. The molecule has 1 atom stereocenters. The molecular weight excluding hydrogens is 316 g/mol. The molecule has 0 aliphatic rings. The fourth-order valence-corrected chi connectivity index (χ4v) is 2.94. The van der Waals surface area contributed by atoms with E-state index in [0.29, 0.717) is 12.0 Å². The molecule has 0 aliphatic heterocycles. The number of carbonyl (C=O) groups excluding carboxylic acids is 1. The summed E-state index contributed by atoms with van der Waals surface area (Å²) in [5.74, 6) is -0.240. The highest BCUT2D eigenvalue weighted by Gasteiger charge is 2.18. The highest BCUT2D eigenvalue weighted by molar-refractivity contribution is 5.99. The first-order chi connectivity index (χ1) is 12.1. The van der Waals surface area contributed by atoms with Gasteiger partial charge < -0.3 is 20.3 Å². The monoisotopic (exact) mass is 338 g/mol. The number of hydrogen-bond acceptors (Lipinski definition) is 4. The number of para-hydroxylation sites is 1. The minimum atomic E-state index is -0.373. The molecule has 25 heavy (non-hydrogen) atoms. The van der Waals surface area contributed by atoms with E-state index in [0.717, 1.165) is 22.2 Å². The van der Waals surface area contributed by atoms with Crippen LogP contribution in [0.4, 0.5) is 5.69 Å². The summed E-state index contributed by atoms with van der Waals surface area (Å²) < 4.78 is 0. The number of carbonyl (C=O) groups is 1. The molecular formula is C19H22N4O2. The van der Waals surface area contributed by atoms with Crippen molar-refractivity contribution in [1.29, 1.82) is 0 Å². The van der Waals surface area contributed by atoms with Gasteiger partial charge in [-0.15, -0.1) is 0 Å². The first kappa shape index (κ1) is 17.0. The molecule has 0 spiro atoms. The van der Waals surface area contributed by atoms with E-state index in [-0.39, 0.29) is 18.6 Å². The molecule has 2 aromatic heterocycles. The summed E-state index contributed by atoms with van der Waals surface area (Å²) in [6.45, 7) is -0.136. The Kier molecular flexibility index (Phi) is 5.00. The van der Waals surface area contributed by atoms with Crippen LogP contribution in [0.2, 0.25) is 0 Å². The van der Waals surface area contributed by atoms with Gasteiger partial charge in [-0.25, -0.2) is 0 Å². The van der Waals surface area contributed by atoms with E-state index in [1.807, 2.05) is 49.5 Å². The molecule has 1 unspecified atom stereocenters.